The Kier molecular flexibility index (Phi) is 4.04. The van der Waals surface area contributed by atoms with Crippen LogP contribution >= 0.6 is 0 Å². The van der Waals surface area contributed by atoms with Gasteiger partial charge in [0.15, 0.2) is 0 Å². The minimum atomic E-state index is -5.00. The lowest BCUT2D eigenvalue weighted by Gasteiger charge is -2.37. The number of hydrogen-bond donors (Lipinski definition) is 2. The summed E-state index contributed by atoms with van der Waals surface area (Å²) in [5.41, 5.74) is -2.13. The maximum Gasteiger partial charge on any atom is 0.450 e. The largest absolute Gasteiger partial charge is 0.478 e. The summed E-state index contributed by atoms with van der Waals surface area (Å²) in [6.07, 6.45) is -5.14. The Balaban J connectivity index is 2.61. The van der Waals surface area contributed by atoms with Crippen molar-refractivity contribution in [2.45, 2.75) is 24.4 Å². The van der Waals surface area contributed by atoms with E-state index < -0.39 is 23.3 Å². The maximum atomic E-state index is 13.0. The molecule has 7 heteroatoms. The van der Waals surface area contributed by atoms with E-state index in [1.807, 2.05) is 0 Å². The molecule has 1 aromatic carbocycles. The van der Waals surface area contributed by atoms with E-state index in [-0.39, 0.29) is 37.1 Å². The molecule has 1 aliphatic heterocycles. The van der Waals surface area contributed by atoms with Gasteiger partial charge in [0, 0.05) is 0 Å². The summed E-state index contributed by atoms with van der Waals surface area (Å²) in [4.78, 5) is 23.2. The van der Waals surface area contributed by atoms with Gasteiger partial charge in [-0.25, -0.2) is 4.79 Å². The van der Waals surface area contributed by atoms with Crippen LogP contribution in [-0.2, 0) is 10.2 Å². The second-order valence-corrected chi connectivity index (χ2v) is 5.01. The number of carboxylic acids is 1. The predicted octanol–water partition coefficient (Wildman–Crippen LogP) is 2.14. The van der Waals surface area contributed by atoms with Crippen molar-refractivity contribution in [1.29, 1.82) is 0 Å². The van der Waals surface area contributed by atoms with Gasteiger partial charge in [0.25, 0.3) is 0 Å². The molecule has 4 nitrogen and oxygen atoms in total. The van der Waals surface area contributed by atoms with Gasteiger partial charge < -0.3 is 10.4 Å². The average molecular weight is 301 g/mol. The van der Waals surface area contributed by atoms with Gasteiger partial charge in [-0.05, 0) is 37.6 Å². The van der Waals surface area contributed by atoms with E-state index in [1.54, 1.807) is 0 Å². The van der Waals surface area contributed by atoms with Gasteiger partial charge in [-0.3, -0.25) is 4.79 Å². The normalized spacial score (nSPS) is 18.2. The van der Waals surface area contributed by atoms with Crippen LogP contribution in [0.4, 0.5) is 13.2 Å². The summed E-state index contributed by atoms with van der Waals surface area (Å²) in [5.74, 6) is -3.20. The van der Waals surface area contributed by atoms with Crippen LogP contribution in [-0.4, -0.2) is 36.1 Å². The number of alkyl halides is 3. The molecule has 0 bridgehead atoms. The summed E-state index contributed by atoms with van der Waals surface area (Å²) in [5, 5.41) is 12.1. The molecule has 0 saturated carbocycles. The molecule has 0 radical (unpaired) electrons. The average Bonchev–Trinajstić information content (AvgIpc) is 2.46. The van der Waals surface area contributed by atoms with Crippen LogP contribution in [0.25, 0.3) is 0 Å². The van der Waals surface area contributed by atoms with E-state index in [4.69, 9.17) is 0 Å². The smallest absolute Gasteiger partial charge is 0.450 e. The van der Waals surface area contributed by atoms with Gasteiger partial charge >= 0.3 is 12.1 Å². The van der Waals surface area contributed by atoms with E-state index >= 15 is 0 Å². The molecule has 21 heavy (non-hydrogen) atoms. The van der Waals surface area contributed by atoms with E-state index in [2.05, 4.69) is 5.32 Å². The number of rotatable bonds is 3. The number of Topliss-reactive ketones (excluding diaryl/α,β-unsaturated/α-hetero) is 1. The first-order valence-corrected chi connectivity index (χ1v) is 6.44. The van der Waals surface area contributed by atoms with Crippen molar-refractivity contribution in [3.63, 3.8) is 0 Å². The second kappa shape index (κ2) is 5.48. The molecule has 0 aromatic heterocycles. The van der Waals surface area contributed by atoms with E-state index in [9.17, 15) is 27.9 Å². The Morgan fingerprint density at radius 3 is 2.24 bits per heavy atom. The summed E-state index contributed by atoms with van der Waals surface area (Å²) in [6.45, 7) is 0.464. The highest BCUT2D eigenvalue weighted by molar-refractivity contribution is 5.99. The zero-order valence-electron chi connectivity index (χ0n) is 11.0. The zero-order chi connectivity index (χ0) is 15.7. The number of hydrogen-bond acceptors (Lipinski definition) is 3. The van der Waals surface area contributed by atoms with Gasteiger partial charge in [0.2, 0.25) is 5.78 Å². The van der Waals surface area contributed by atoms with E-state index in [0.717, 1.165) is 0 Å². The molecule has 1 fully saturated rings. The van der Waals surface area contributed by atoms with Crippen LogP contribution in [0.5, 0.6) is 0 Å². The Bertz CT molecular complexity index is 563. The second-order valence-electron chi connectivity index (χ2n) is 5.01. The number of carboxylic acid groups (broad SMARTS) is 1. The lowest BCUT2D eigenvalue weighted by Crippen LogP contribution is -2.51. The predicted molar refractivity (Wildman–Crippen MR) is 68.2 cm³/mol. The fourth-order valence-electron chi connectivity index (χ4n) is 2.83. The molecule has 0 unspecified atom stereocenters. The molecule has 1 aromatic rings. The number of aromatic carboxylic acids is 1. The van der Waals surface area contributed by atoms with Crippen molar-refractivity contribution in [2.24, 2.45) is 0 Å². The lowest BCUT2D eigenvalue weighted by atomic mass is 9.68. The fourth-order valence-corrected chi connectivity index (χ4v) is 2.83. The Morgan fingerprint density at radius 2 is 1.71 bits per heavy atom. The summed E-state index contributed by atoms with van der Waals surface area (Å²) in [6, 6.07) is 5.42. The third-order valence-corrected chi connectivity index (χ3v) is 3.82. The van der Waals surface area contributed by atoms with Crippen molar-refractivity contribution in [1.82, 2.24) is 5.32 Å². The molecule has 1 aliphatic rings. The minimum absolute atomic E-state index is 0.0543. The van der Waals surface area contributed by atoms with Crippen LogP contribution in [0.1, 0.15) is 28.8 Å². The van der Waals surface area contributed by atoms with E-state index in [0.29, 0.717) is 0 Å². The van der Waals surface area contributed by atoms with Crippen LogP contribution < -0.4 is 5.32 Å². The summed E-state index contributed by atoms with van der Waals surface area (Å²) < 4.78 is 38.9. The van der Waals surface area contributed by atoms with Gasteiger partial charge in [0.1, 0.15) is 0 Å². The molecule has 1 heterocycles. The monoisotopic (exact) mass is 301 g/mol. The number of carbonyl (C=O) groups is 2. The topological polar surface area (TPSA) is 66.4 Å². The number of nitrogens with one attached hydrogen (secondary N) is 1. The van der Waals surface area contributed by atoms with Crippen molar-refractivity contribution in [3.8, 4) is 0 Å². The Morgan fingerprint density at radius 1 is 1.14 bits per heavy atom. The van der Waals surface area contributed by atoms with Crippen molar-refractivity contribution in [3.05, 3.63) is 35.4 Å². The third-order valence-electron chi connectivity index (χ3n) is 3.82. The molecule has 1 saturated heterocycles. The highest BCUT2D eigenvalue weighted by Crippen LogP contribution is 2.41. The molecule has 0 amide bonds. The molecular weight excluding hydrogens is 287 g/mol. The maximum absolute atomic E-state index is 13.0. The number of benzene rings is 1. The van der Waals surface area contributed by atoms with Crippen LogP contribution in [0.3, 0.4) is 0 Å². The number of ketones is 1. The number of halogens is 3. The standard InChI is InChI=1S/C14H14F3NO3/c15-14(16,17)12(21)13(5-7-18-8-6-13)10-4-2-1-3-9(10)11(19)20/h1-4,18H,5-8H2,(H,19,20). The minimum Gasteiger partial charge on any atom is -0.478 e. The molecule has 0 atom stereocenters. The van der Waals surface area contributed by atoms with Crippen LogP contribution in [0, 0.1) is 0 Å². The quantitative estimate of drug-likeness (QED) is 0.897. The Hall–Kier alpha value is -1.89. The molecule has 2 N–H and O–H groups in total. The van der Waals surface area contributed by atoms with Gasteiger partial charge in [0.05, 0.1) is 11.0 Å². The molecule has 2 rings (SSSR count). The van der Waals surface area contributed by atoms with Crippen LogP contribution in [0.15, 0.2) is 24.3 Å². The van der Waals surface area contributed by atoms with Gasteiger partial charge in [-0.2, -0.15) is 13.2 Å². The highest BCUT2D eigenvalue weighted by atomic mass is 19.4. The first-order valence-electron chi connectivity index (χ1n) is 6.44. The van der Waals surface area contributed by atoms with Gasteiger partial charge in [-0.1, -0.05) is 18.2 Å². The number of piperidine rings is 1. The summed E-state index contributed by atoms with van der Waals surface area (Å²) in [7, 11) is 0. The molecular formula is C14H14F3NO3. The zero-order valence-corrected chi connectivity index (χ0v) is 11.0. The lowest BCUT2D eigenvalue weighted by molar-refractivity contribution is -0.178. The first-order chi connectivity index (χ1) is 9.79. The molecule has 114 valence electrons. The van der Waals surface area contributed by atoms with E-state index in [1.165, 1.54) is 24.3 Å². The third kappa shape index (κ3) is 2.78. The molecule has 0 spiro atoms. The summed E-state index contributed by atoms with van der Waals surface area (Å²) >= 11 is 0. The van der Waals surface area contributed by atoms with Crippen molar-refractivity contribution in [2.75, 3.05) is 13.1 Å². The number of carbonyl (C=O) groups excluding carboxylic acids is 1. The van der Waals surface area contributed by atoms with Crippen LogP contribution in [0.2, 0.25) is 0 Å². The first kappa shape index (κ1) is 15.5. The highest BCUT2D eigenvalue weighted by Gasteiger charge is 2.54. The fraction of sp³-hybridized carbons (Fsp3) is 0.429. The van der Waals surface area contributed by atoms with Crippen molar-refractivity contribution >= 4 is 11.8 Å². The van der Waals surface area contributed by atoms with Gasteiger partial charge in [-0.15, -0.1) is 0 Å². The SMILES string of the molecule is O=C(O)c1ccccc1C1(C(=O)C(F)(F)F)CCNCC1. The van der Waals surface area contributed by atoms with Crippen molar-refractivity contribution < 1.29 is 27.9 Å². The Labute approximate surface area is 119 Å². The molecule has 0 aliphatic carbocycles.